The molecule has 2 heterocycles. The van der Waals surface area contributed by atoms with Gasteiger partial charge in [0.15, 0.2) is 0 Å². The molecular formula is C17H21NOS. The number of nitrogens with one attached hydrogen (secondary N) is 1. The zero-order valence-corrected chi connectivity index (χ0v) is 12.8. The molecule has 0 saturated heterocycles. The second-order valence-electron chi connectivity index (χ2n) is 5.65. The minimum Gasteiger partial charge on any atom is -0.493 e. The number of thiophene rings is 1. The van der Waals surface area contributed by atoms with Crippen LogP contribution in [0.5, 0.6) is 5.75 Å². The maximum Gasteiger partial charge on any atom is 0.124 e. The zero-order valence-electron chi connectivity index (χ0n) is 12.0. The Morgan fingerprint density at radius 2 is 2.15 bits per heavy atom. The lowest BCUT2D eigenvalue weighted by atomic mass is 9.91. The van der Waals surface area contributed by atoms with Crippen LogP contribution in [0.2, 0.25) is 0 Å². The monoisotopic (exact) mass is 287 g/mol. The zero-order chi connectivity index (χ0) is 13.9. The first-order valence-corrected chi connectivity index (χ1v) is 8.12. The van der Waals surface area contributed by atoms with Crippen molar-refractivity contribution in [1.29, 1.82) is 0 Å². The van der Waals surface area contributed by atoms with E-state index in [1.165, 1.54) is 10.4 Å². The van der Waals surface area contributed by atoms with Crippen LogP contribution in [0.1, 0.15) is 30.3 Å². The molecule has 1 aromatic carbocycles. The first-order valence-electron chi connectivity index (χ1n) is 7.24. The Balaban J connectivity index is 1.73. The summed E-state index contributed by atoms with van der Waals surface area (Å²) in [5, 5.41) is 5.94. The molecule has 1 aliphatic rings. The number of rotatable bonds is 4. The molecule has 2 aromatic rings. The molecule has 0 radical (unpaired) electrons. The van der Waals surface area contributed by atoms with E-state index in [1.54, 1.807) is 0 Å². The van der Waals surface area contributed by atoms with Crippen LogP contribution >= 0.6 is 11.3 Å². The van der Waals surface area contributed by atoms with E-state index in [4.69, 9.17) is 4.74 Å². The van der Waals surface area contributed by atoms with E-state index in [9.17, 15) is 0 Å². The number of fused-ring (bicyclic) bond motifs is 1. The number of hydrogen-bond donors (Lipinski definition) is 1. The van der Waals surface area contributed by atoms with Gasteiger partial charge < -0.3 is 10.1 Å². The van der Waals surface area contributed by atoms with Gasteiger partial charge in [0, 0.05) is 28.4 Å². The van der Waals surface area contributed by atoms with Crippen LogP contribution in [0.4, 0.5) is 0 Å². The Kier molecular flexibility index (Phi) is 4.08. The van der Waals surface area contributed by atoms with Crippen molar-refractivity contribution in [3.8, 4) is 5.75 Å². The van der Waals surface area contributed by atoms with Crippen LogP contribution < -0.4 is 10.1 Å². The number of benzene rings is 1. The summed E-state index contributed by atoms with van der Waals surface area (Å²) in [4.78, 5) is 1.44. The van der Waals surface area contributed by atoms with Crippen molar-refractivity contribution >= 4 is 11.3 Å². The maximum atomic E-state index is 5.82. The Morgan fingerprint density at radius 3 is 2.95 bits per heavy atom. The normalized spacial score (nSPS) is 22.9. The van der Waals surface area contributed by atoms with Crippen molar-refractivity contribution in [2.75, 3.05) is 6.61 Å². The summed E-state index contributed by atoms with van der Waals surface area (Å²) in [6, 6.07) is 13.6. The molecule has 0 bridgehead atoms. The Morgan fingerprint density at radius 1 is 1.30 bits per heavy atom. The summed E-state index contributed by atoms with van der Waals surface area (Å²) in [5.74, 6) is 1.53. The van der Waals surface area contributed by atoms with Gasteiger partial charge in [-0.05, 0) is 30.9 Å². The quantitative estimate of drug-likeness (QED) is 0.916. The topological polar surface area (TPSA) is 21.3 Å². The fourth-order valence-electron chi connectivity index (χ4n) is 2.84. The molecule has 1 aromatic heterocycles. The smallest absolute Gasteiger partial charge is 0.124 e. The average molecular weight is 287 g/mol. The Labute approximate surface area is 124 Å². The van der Waals surface area contributed by atoms with E-state index >= 15 is 0 Å². The van der Waals surface area contributed by atoms with Gasteiger partial charge in [0.05, 0.1) is 6.61 Å². The molecule has 1 N–H and O–H groups in total. The molecule has 0 fully saturated rings. The second-order valence-corrected chi connectivity index (χ2v) is 6.69. The predicted octanol–water partition coefficient (Wildman–Crippen LogP) is 4.04. The third-order valence-electron chi connectivity index (χ3n) is 3.88. The summed E-state index contributed by atoms with van der Waals surface area (Å²) < 4.78 is 5.82. The SMILES string of the molecule is CC(Cc1cccs1)NC1c2ccccc2OCC1C. The standard InChI is InChI=1S/C17H21NOS/c1-12-11-19-16-8-4-3-7-15(16)17(12)18-13(2)10-14-6-5-9-20-14/h3-9,12-13,17-18H,10-11H2,1-2H3. The highest BCUT2D eigenvalue weighted by molar-refractivity contribution is 7.09. The lowest BCUT2D eigenvalue weighted by molar-refractivity contribution is 0.182. The summed E-state index contributed by atoms with van der Waals surface area (Å²) in [6.07, 6.45) is 1.09. The highest BCUT2D eigenvalue weighted by Gasteiger charge is 2.28. The van der Waals surface area contributed by atoms with Crippen molar-refractivity contribution < 1.29 is 4.74 Å². The Hall–Kier alpha value is -1.32. The molecule has 0 aliphatic carbocycles. The number of para-hydroxylation sites is 1. The van der Waals surface area contributed by atoms with Crippen LogP contribution in [-0.2, 0) is 6.42 Å². The van der Waals surface area contributed by atoms with Crippen molar-refractivity contribution in [3.05, 3.63) is 52.2 Å². The predicted molar refractivity (Wildman–Crippen MR) is 84.5 cm³/mol. The van der Waals surface area contributed by atoms with Gasteiger partial charge in [-0.3, -0.25) is 0 Å². The van der Waals surface area contributed by atoms with E-state index in [-0.39, 0.29) is 0 Å². The molecule has 0 amide bonds. The van der Waals surface area contributed by atoms with Crippen LogP contribution in [0.15, 0.2) is 41.8 Å². The molecule has 2 nitrogen and oxygen atoms in total. The lowest BCUT2D eigenvalue weighted by Gasteiger charge is -2.34. The molecule has 0 saturated carbocycles. The minimum atomic E-state index is 0.384. The van der Waals surface area contributed by atoms with Crippen molar-refractivity contribution in [2.24, 2.45) is 5.92 Å². The highest BCUT2D eigenvalue weighted by atomic mass is 32.1. The maximum absolute atomic E-state index is 5.82. The molecule has 106 valence electrons. The molecule has 20 heavy (non-hydrogen) atoms. The van der Waals surface area contributed by atoms with Crippen LogP contribution in [-0.4, -0.2) is 12.6 Å². The lowest BCUT2D eigenvalue weighted by Crippen LogP contribution is -2.39. The fourth-order valence-corrected chi connectivity index (χ4v) is 3.68. The highest BCUT2D eigenvalue weighted by Crippen LogP contribution is 2.35. The largest absolute Gasteiger partial charge is 0.493 e. The molecule has 1 aliphatic heterocycles. The molecule has 3 unspecified atom stereocenters. The van der Waals surface area contributed by atoms with E-state index in [0.29, 0.717) is 18.0 Å². The summed E-state index contributed by atoms with van der Waals surface area (Å²) in [7, 11) is 0. The summed E-state index contributed by atoms with van der Waals surface area (Å²) in [5.41, 5.74) is 1.30. The van der Waals surface area contributed by atoms with E-state index in [1.807, 2.05) is 17.4 Å². The summed E-state index contributed by atoms with van der Waals surface area (Å²) >= 11 is 1.83. The van der Waals surface area contributed by atoms with Crippen molar-refractivity contribution in [2.45, 2.75) is 32.4 Å². The van der Waals surface area contributed by atoms with Gasteiger partial charge in [-0.2, -0.15) is 0 Å². The van der Waals surface area contributed by atoms with Gasteiger partial charge in [-0.1, -0.05) is 31.2 Å². The third-order valence-corrected chi connectivity index (χ3v) is 4.78. The molecule has 3 heteroatoms. The van der Waals surface area contributed by atoms with Crippen molar-refractivity contribution in [1.82, 2.24) is 5.32 Å². The van der Waals surface area contributed by atoms with Crippen LogP contribution in [0.25, 0.3) is 0 Å². The van der Waals surface area contributed by atoms with Crippen LogP contribution in [0, 0.1) is 5.92 Å². The van der Waals surface area contributed by atoms with Crippen molar-refractivity contribution in [3.63, 3.8) is 0 Å². The van der Waals surface area contributed by atoms with Gasteiger partial charge in [0.1, 0.15) is 5.75 Å². The van der Waals surface area contributed by atoms with E-state index in [0.717, 1.165) is 18.8 Å². The first-order chi connectivity index (χ1) is 9.74. The van der Waals surface area contributed by atoms with E-state index < -0.39 is 0 Å². The van der Waals surface area contributed by atoms with Gasteiger partial charge in [-0.15, -0.1) is 11.3 Å². The molecule has 3 rings (SSSR count). The van der Waals surface area contributed by atoms with Crippen LogP contribution in [0.3, 0.4) is 0 Å². The van der Waals surface area contributed by atoms with Gasteiger partial charge in [0.2, 0.25) is 0 Å². The number of hydrogen-bond acceptors (Lipinski definition) is 3. The van der Waals surface area contributed by atoms with Gasteiger partial charge in [-0.25, -0.2) is 0 Å². The Bertz CT molecular complexity index is 552. The second kappa shape index (κ2) is 5.98. The van der Waals surface area contributed by atoms with Gasteiger partial charge in [0.25, 0.3) is 0 Å². The fraction of sp³-hybridized carbons (Fsp3) is 0.412. The van der Waals surface area contributed by atoms with E-state index in [2.05, 4.69) is 54.9 Å². The molecule has 0 spiro atoms. The molecular weight excluding hydrogens is 266 g/mol. The first kappa shape index (κ1) is 13.7. The average Bonchev–Trinajstić information content (AvgIpc) is 2.95. The van der Waals surface area contributed by atoms with Gasteiger partial charge >= 0.3 is 0 Å². The molecule has 3 atom stereocenters. The third kappa shape index (κ3) is 2.89. The minimum absolute atomic E-state index is 0.384. The number of ether oxygens (including phenoxy) is 1. The summed E-state index contributed by atoms with van der Waals surface area (Å²) in [6.45, 7) is 5.32.